The Morgan fingerprint density at radius 2 is 2.00 bits per heavy atom. The van der Waals surface area contributed by atoms with E-state index >= 15 is 0 Å². The van der Waals surface area contributed by atoms with E-state index in [4.69, 9.17) is 11.6 Å². The third-order valence-electron chi connectivity index (χ3n) is 2.96. The average molecular weight is 314 g/mol. The summed E-state index contributed by atoms with van der Waals surface area (Å²) in [5, 5.41) is 4.54. The summed E-state index contributed by atoms with van der Waals surface area (Å²) in [6.07, 6.45) is 0. The second-order valence-electron chi connectivity index (χ2n) is 4.13. The largest absolute Gasteiger partial charge is 0.238 e. The quantitative estimate of drug-likeness (QED) is 0.756. The van der Waals surface area contributed by atoms with Crippen molar-refractivity contribution >= 4 is 27.5 Å². The molecule has 17 heavy (non-hydrogen) atoms. The van der Waals surface area contributed by atoms with Gasteiger partial charge in [-0.2, -0.15) is 5.10 Å². The smallest absolute Gasteiger partial charge is 0.0652 e. The first kappa shape index (κ1) is 12.7. The van der Waals surface area contributed by atoms with Gasteiger partial charge in [0, 0.05) is 15.7 Å². The van der Waals surface area contributed by atoms with E-state index in [2.05, 4.69) is 47.0 Å². The minimum Gasteiger partial charge on any atom is -0.238 e. The molecule has 90 valence electrons. The highest BCUT2D eigenvalue weighted by molar-refractivity contribution is 9.10. The van der Waals surface area contributed by atoms with Gasteiger partial charge in [0.05, 0.1) is 17.3 Å². The Balaban J connectivity index is 2.57. The first-order valence-corrected chi connectivity index (χ1v) is 6.75. The van der Waals surface area contributed by atoms with Crippen LogP contribution in [0.25, 0.3) is 5.69 Å². The molecule has 0 N–H and O–H groups in total. The standard InChI is InChI=1S/C13H14BrClN2/c1-8-6-11(4-5-13(8)14)17-10(3)12(7-15)9(2)16-17/h4-6H,7H2,1-3H3. The molecule has 0 fully saturated rings. The van der Waals surface area contributed by atoms with Gasteiger partial charge in [-0.25, -0.2) is 4.68 Å². The fraction of sp³-hybridized carbons (Fsp3) is 0.308. The topological polar surface area (TPSA) is 17.8 Å². The van der Waals surface area contributed by atoms with Gasteiger partial charge in [0.25, 0.3) is 0 Å². The second-order valence-corrected chi connectivity index (χ2v) is 5.25. The number of aromatic nitrogens is 2. The molecule has 0 saturated heterocycles. The Hall–Kier alpha value is -0.800. The number of halogens is 2. The van der Waals surface area contributed by atoms with Gasteiger partial charge < -0.3 is 0 Å². The molecular weight excluding hydrogens is 300 g/mol. The molecule has 0 aliphatic heterocycles. The van der Waals surface area contributed by atoms with E-state index in [0.717, 1.165) is 27.1 Å². The predicted octanol–water partition coefficient (Wildman–Crippen LogP) is 4.30. The normalized spacial score (nSPS) is 10.9. The van der Waals surface area contributed by atoms with Crippen LogP contribution >= 0.6 is 27.5 Å². The number of benzene rings is 1. The Kier molecular flexibility index (Phi) is 3.59. The van der Waals surface area contributed by atoms with Gasteiger partial charge in [-0.1, -0.05) is 15.9 Å². The monoisotopic (exact) mass is 312 g/mol. The van der Waals surface area contributed by atoms with Crippen molar-refractivity contribution in [2.45, 2.75) is 26.7 Å². The van der Waals surface area contributed by atoms with Crippen LogP contribution in [0, 0.1) is 20.8 Å². The summed E-state index contributed by atoms with van der Waals surface area (Å²) in [6, 6.07) is 6.21. The summed E-state index contributed by atoms with van der Waals surface area (Å²) < 4.78 is 3.06. The van der Waals surface area contributed by atoms with Crippen molar-refractivity contribution in [1.29, 1.82) is 0 Å². The van der Waals surface area contributed by atoms with Crippen molar-refractivity contribution < 1.29 is 0 Å². The van der Waals surface area contributed by atoms with Crippen LogP contribution in [-0.4, -0.2) is 9.78 Å². The minimum absolute atomic E-state index is 0.507. The van der Waals surface area contributed by atoms with Crippen LogP contribution in [0.5, 0.6) is 0 Å². The van der Waals surface area contributed by atoms with E-state index in [1.165, 1.54) is 5.56 Å². The SMILES string of the molecule is Cc1cc(-n2nc(C)c(CCl)c2C)ccc1Br. The molecule has 1 heterocycles. The van der Waals surface area contributed by atoms with Crippen LogP contribution in [0.15, 0.2) is 22.7 Å². The zero-order valence-corrected chi connectivity index (χ0v) is 12.4. The van der Waals surface area contributed by atoms with E-state index in [1.54, 1.807) is 0 Å². The van der Waals surface area contributed by atoms with E-state index in [0.29, 0.717) is 5.88 Å². The molecule has 0 aliphatic rings. The van der Waals surface area contributed by atoms with Gasteiger partial charge >= 0.3 is 0 Å². The van der Waals surface area contributed by atoms with Crippen LogP contribution < -0.4 is 0 Å². The van der Waals surface area contributed by atoms with Crippen LogP contribution in [0.4, 0.5) is 0 Å². The molecule has 0 spiro atoms. The van der Waals surface area contributed by atoms with Gasteiger partial charge in [0.15, 0.2) is 0 Å². The molecule has 1 aromatic heterocycles. The zero-order valence-electron chi connectivity index (χ0n) is 10.1. The van der Waals surface area contributed by atoms with E-state index in [9.17, 15) is 0 Å². The van der Waals surface area contributed by atoms with E-state index in [-0.39, 0.29) is 0 Å². The molecule has 0 bridgehead atoms. The van der Waals surface area contributed by atoms with E-state index < -0.39 is 0 Å². The Bertz CT molecular complexity index is 561. The number of alkyl halides is 1. The highest BCUT2D eigenvalue weighted by atomic mass is 79.9. The molecule has 0 unspecified atom stereocenters. The van der Waals surface area contributed by atoms with Crippen molar-refractivity contribution in [2.24, 2.45) is 0 Å². The minimum atomic E-state index is 0.507. The van der Waals surface area contributed by atoms with E-state index in [1.807, 2.05) is 17.7 Å². The summed E-state index contributed by atoms with van der Waals surface area (Å²) in [7, 11) is 0. The number of nitrogens with zero attached hydrogens (tertiary/aromatic N) is 2. The first-order valence-electron chi connectivity index (χ1n) is 5.42. The number of hydrogen-bond donors (Lipinski definition) is 0. The van der Waals surface area contributed by atoms with Crippen molar-refractivity contribution in [3.05, 3.63) is 45.2 Å². The molecule has 2 rings (SSSR count). The predicted molar refractivity (Wildman–Crippen MR) is 75.0 cm³/mol. The maximum absolute atomic E-state index is 5.93. The molecule has 0 aliphatic carbocycles. The van der Waals surface area contributed by atoms with Crippen LogP contribution in [-0.2, 0) is 5.88 Å². The molecule has 0 saturated carbocycles. The second kappa shape index (κ2) is 4.83. The maximum Gasteiger partial charge on any atom is 0.0652 e. The first-order chi connectivity index (χ1) is 8.04. The third-order valence-corrected chi connectivity index (χ3v) is 4.12. The zero-order chi connectivity index (χ0) is 12.6. The van der Waals surface area contributed by atoms with Gasteiger partial charge in [0.2, 0.25) is 0 Å². The van der Waals surface area contributed by atoms with Gasteiger partial charge in [0.1, 0.15) is 0 Å². The van der Waals surface area contributed by atoms with Crippen molar-refractivity contribution in [3.8, 4) is 5.69 Å². The van der Waals surface area contributed by atoms with Crippen molar-refractivity contribution in [1.82, 2.24) is 9.78 Å². The summed E-state index contributed by atoms with van der Waals surface area (Å²) in [5.41, 5.74) is 5.50. The van der Waals surface area contributed by atoms with Crippen LogP contribution in [0.1, 0.15) is 22.5 Å². The Labute approximate surface area is 115 Å². The Morgan fingerprint density at radius 1 is 1.29 bits per heavy atom. The number of aryl methyl sites for hydroxylation is 2. The lowest BCUT2D eigenvalue weighted by atomic mass is 10.2. The lowest BCUT2D eigenvalue weighted by Crippen LogP contribution is -1.99. The molecule has 2 nitrogen and oxygen atoms in total. The molecule has 0 radical (unpaired) electrons. The van der Waals surface area contributed by atoms with Crippen LogP contribution in [0.3, 0.4) is 0 Å². The summed E-state index contributed by atoms with van der Waals surface area (Å²) in [6.45, 7) is 6.11. The van der Waals surface area contributed by atoms with Crippen molar-refractivity contribution in [2.75, 3.05) is 0 Å². The van der Waals surface area contributed by atoms with Crippen LogP contribution in [0.2, 0.25) is 0 Å². The highest BCUT2D eigenvalue weighted by Gasteiger charge is 2.11. The maximum atomic E-state index is 5.93. The molecule has 0 amide bonds. The van der Waals surface area contributed by atoms with Gasteiger partial charge in [-0.3, -0.25) is 0 Å². The molecular formula is C13H14BrClN2. The Morgan fingerprint density at radius 3 is 2.53 bits per heavy atom. The molecule has 2 aromatic rings. The van der Waals surface area contributed by atoms with Gasteiger partial charge in [-0.05, 0) is 44.5 Å². The molecule has 0 atom stereocenters. The van der Waals surface area contributed by atoms with Gasteiger partial charge in [-0.15, -0.1) is 11.6 Å². The highest BCUT2D eigenvalue weighted by Crippen LogP contribution is 2.23. The summed E-state index contributed by atoms with van der Waals surface area (Å²) in [4.78, 5) is 0. The third kappa shape index (κ3) is 2.26. The summed E-state index contributed by atoms with van der Waals surface area (Å²) >= 11 is 9.44. The fourth-order valence-corrected chi connectivity index (χ4v) is 2.51. The van der Waals surface area contributed by atoms with Crippen molar-refractivity contribution in [3.63, 3.8) is 0 Å². The number of rotatable bonds is 2. The number of hydrogen-bond acceptors (Lipinski definition) is 1. The molecule has 4 heteroatoms. The fourth-order valence-electron chi connectivity index (χ4n) is 1.88. The average Bonchev–Trinajstić information content (AvgIpc) is 2.58. The summed E-state index contributed by atoms with van der Waals surface area (Å²) in [5.74, 6) is 0.507. The lowest BCUT2D eigenvalue weighted by molar-refractivity contribution is 0.832. The molecule has 1 aromatic carbocycles. The lowest BCUT2D eigenvalue weighted by Gasteiger charge is -2.07.